The maximum absolute atomic E-state index is 12.0. The van der Waals surface area contributed by atoms with Crippen LogP contribution in [0.4, 0.5) is 4.79 Å². The van der Waals surface area contributed by atoms with E-state index in [0.29, 0.717) is 18.7 Å². The smallest absolute Gasteiger partial charge is 0.410 e. The Labute approximate surface area is 119 Å². The molecule has 1 aromatic heterocycles. The second kappa shape index (κ2) is 5.49. The summed E-state index contributed by atoms with van der Waals surface area (Å²) in [5.41, 5.74) is 1.01. The number of rotatable bonds is 1. The van der Waals surface area contributed by atoms with Crippen molar-refractivity contribution in [3.8, 4) is 6.07 Å². The molecule has 2 rings (SSSR count). The maximum atomic E-state index is 12.0. The molecule has 1 aromatic rings. The fourth-order valence-electron chi connectivity index (χ4n) is 2.21. The fourth-order valence-corrected chi connectivity index (χ4v) is 2.21. The molecule has 1 unspecified atom stereocenters. The summed E-state index contributed by atoms with van der Waals surface area (Å²) < 4.78 is 5.37. The first kappa shape index (κ1) is 14.3. The van der Waals surface area contributed by atoms with Gasteiger partial charge in [0.15, 0.2) is 0 Å². The molecular formula is C15H19N3O2. The van der Waals surface area contributed by atoms with Gasteiger partial charge in [0.25, 0.3) is 0 Å². The van der Waals surface area contributed by atoms with Gasteiger partial charge in [-0.3, -0.25) is 4.98 Å². The first-order chi connectivity index (χ1) is 9.39. The molecule has 1 aliphatic heterocycles. The third kappa shape index (κ3) is 3.47. The van der Waals surface area contributed by atoms with E-state index < -0.39 is 5.60 Å². The molecule has 2 heterocycles. The Morgan fingerprint density at radius 2 is 2.25 bits per heavy atom. The largest absolute Gasteiger partial charge is 0.444 e. The average Bonchev–Trinajstić information content (AvgIpc) is 2.86. The number of carbonyl (C=O) groups excluding carboxylic acids is 1. The number of likely N-dealkylation sites (tertiary alicyclic amines) is 1. The molecule has 1 atom stereocenters. The van der Waals surface area contributed by atoms with Crippen LogP contribution in [0.1, 0.15) is 44.4 Å². The summed E-state index contributed by atoms with van der Waals surface area (Å²) in [6, 6.07) is 5.68. The van der Waals surface area contributed by atoms with E-state index in [0.717, 1.165) is 12.1 Å². The lowest BCUT2D eigenvalue weighted by Crippen LogP contribution is -2.35. The number of hydrogen-bond donors (Lipinski definition) is 0. The summed E-state index contributed by atoms with van der Waals surface area (Å²) in [6.45, 7) is 6.89. The monoisotopic (exact) mass is 273 g/mol. The average molecular weight is 273 g/mol. The van der Waals surface area contributed by atoms with E-state index >= 15 is 0 Å². The van der Waals surface area contributed by atoms with Crippen molar-refractivity contribution in [2.75, 3.05) is 13.1 Å². The van der Waals surface area contributed by atoms with Gasteiger partial charge < -0.3 is 9.64 Å². The van der Waals surface area contributed by atoms with Crippen molar-refractivity contribution < 1.29 is 9.53 Å². The molecule has 0 aliphatic carbocycles. The Morgan fingerprint density at radius 3 is 2.80 bits per heavy atom. The minimum Gasteiger partial charge on any atom is -0.444 e. The van der Waals surface area contributed by atoms with Gasteiger partial charge in [0, 0.05) is 30.9 Å². The lowest BCUT2D eigenvalue weighted by molar-refractivity contribution is 0.0292. The first-order valence-corrected chi connectivity index (χ1v) is 6.73. The van der Waals surface area contributed by atoms with Gasteiger partial charge in [0.1, 0.15) is 11.7 Å². The molecule has 0 N–H and O–H groups in total. The zero-order chi connectivity index (χ0) is 14.8. The zero-order valence-electron chi connectivity index (χ0n) is 12.1. The highest BCUT2D eigenvalue weighted by atomic mass is 16.6. The summed E-state index contributed by atoms with van der Waals surface area (Å²) >= 11 is 0. The minimum absolute atomic E-state index is 0.218. The lowest BCUT2D eigenvalue weighted by atomic mass is 10.0. The van der Waals surface area contributed by atoms with Crippen molar-refractivity contribution in [3.63, 3.8) is 0 Å². The Morgan fingerprint density at radius 1 is 1.50 bits per heavy atom. The minimum atomic E-state index is -0.470. The second-order valence-electron chi connectivity index (χ2n) is 6.00. The summed E-state index contributed by atoms with van der Waals surface area (Å²) in [5, 5.41) is 8.76. The van der Waals surface area contributed by atoms with Gasteiger partial charge in [0.05, 0.1) is 5.56 Å². The molecule has 1 amide bonds. The van der Waals surface area contributed by atoms with Crippen LogP contribution in [0.3, 0.4) is 0 Å². The van der Waals surface area contributed by atoms with Gasteiger partial charge >= 0.3 is 6.09 Å². The highest BCUT2D eigenvalue weighted by Crippen LogP contribution is 2.27. The Balaban J connectivity index is 1.98. The number of pyridine rings is 1. The summed E-state index contributed by atoms with van der Waals surface area (Å²) in [7, 11) is 0. The van der Waals surface area contributed by atoms with E-state index in [9.17, 15) is 4.79 Å². The molecular weight excluding hydrogens is 254 g/mol. The molecule has 0 saturated carbocycles. The summed E-state index contributed by atoms with van der Waals surface area (Å²) in [5.74, 6) is 0.218. The van der Waals surface area contributed by atoms with Gasteiger partial charge in [-0.25, -0.2) is 4.79 Å². The molecule has 0 radical (unpaired) electrons. The van der Waals surface area contributed by atoms with Gasteiger partial charge in [0.2, 0.25) is 0 Å². The number of ether oxygens (including phenoxy) is 1. The van der Waals surface area contributed by atoms with Crippen LogP contribution in [0.25, 0.3) is 0 Å². The number of hydrogen-bond acceptors (Lipinski definition) is 4. The van der Waals surface area contributed by atoms with Crippen molar-refractivity contribution in [1.82, 2.24) is 9.88 Å². The number of aromatic nitrogens is 1. The van der Waals surface area contributed by atoms with Crippen molar-refractivity contribution in [1.29, 1.82) is 5.26 Å². The van der Waals surface area contributed by atoms with Crippen LogP contribution in [-0.2, 0) is 4.74 Å². The first-order valence-electron chi connectivity index (χ1n) is 6.73. The third-order valence-electron chi connectivity index (χ3n) is 3.17. The molecule has 0 spiro atoms. The quantitative estimate of drug-likeness (QED) is 0.789. The molecule has 0 bridgehead atoms. The van der Waals surface area contributed by atoms with Crippen molar-refractivity contribution in [3.05, 3.63) is 29.6 Å². The van der Waals surface area contributed by atoms with Gasteiger partial charge in [-0.05, 0) is 39.3 Å². The van der Waals surface area contributed by atoms with Crippen LogP contribution >= 0.6 is 0 Å². The number of amides is 1. The SMILES string of the molecule is CC(C)(C)OC(=O)N1CCC(c2ccc(C#N)cn2)C1. The van der Waals surface area contributed by atoms with E-state index in [1.807, 2.05) is 26.8 Å². The predicted molar refractivity (Wildman–Crippen MR) is 74.1 cm³/mol. The number of nitrogens with zero attached hydrogens (tertiary/aromatic N) is 3. The van der Waals surface area contributed by atoms with Gasteiger partial charge in [-0.1, -0.05) is 0 Å². The summed E-state index contributed by atoms with van der Waals surface area (Å²) in [6.07, 6.45) is 2.18. The van der Waals surface area contributed by atoms with Crippen LogP contribution in [-0.4, -0.2) is 34.7 Å². The van der Waals surface area contributed by atoms with Gasteiger partial charge in [-0.2, -0.15) is 5.26 Å². The molecule has 106 valence electrons. The van der Waals surface area contributed by atoms with Crippen LogP contribution in [0.2, 0.25) is 0 Å². The van der Waals surface area contributed by atoms with E-state index in [-0.39, 0.29) is 12.0 Å². The van der Waals surface area contributed by atoms with Crippen molar-refractivity contribution >= 4 is 6.09 Å². The highest BCUT2D eigenvalue weighted by molar-refractivity contribution is 5.68. The van der Waals surface area contributed by atoms with E-state index in [1.54, 1.807) is 17.2 Å². The van der Waals surface area contributed by atoms with E-state index in [4.69, 9.17) is 10.00 Å². The predicted octanol–water partition coefficient (Wildman–Crippen LogP) is 2.68. The van der Waals surface area contributed by atoms with Crippen LogP contribution < -0.4 is 0 Å². The maximum Gasteiger partial charge on any atom is 0.410 e. The fraction of sp³-hybridized carbons (Fsp3) is 0.533. The molecule has 5 heteroatoms. The topological polar surface area (TPSA) is 66.2 Å². The zero-order valence-corrected chi connectivity index (χ0v) is 12.1. The normalized spacial score (nSPS) is 18.7. The van der Waals surface area contributed by atoms with Crippen molar-refractivity contribution in [2.45, 2.75) is 38.7 Å². The Kier molecular flexibility index (Phi) is 3.93. The number of nitriles is 1. The molecule has 1 saturated heterocycles. The highest BCUT2D eigenvalue weighted by Gasteiger charge is 2.31. The summed E-state index contributed by atoms with van der Waals surface area (Å²) in [4.78, 5) is 18.0. The number of carbonyl (C=O) groups is 1. The Hall–Kier alpha value is -2.09. The standard InChI is InChI=1S/C15H19N3O2/c1-15(2,3)20-14(19)18-7-6-12(10-18)13-5-4-11(8-16)9-17-13/h4-5,9,12H,6-7,10H2,1-3H3. The molecule has 1 fully saturated rings. The third-order valence-corrected chi connectivity index (χ3v) is 3.17. The molecule has 20 heavy (non-hydrogen) atoms. The van der Waals surface area contributed by atoms with Gasteiger partial charge in [-0.15, -0.1) is 0 Å². The van der Waals surface area contributed by atoms with Crippen LogP contribution in [0.5, 0.6) is 0 Å². The molecule has 0 aromatic carbocycles. The Bertz CT molecular complexity index is 526. The molecule has 1 aliphatic rings. The van der Waals surface area contributed by atoms with E-state index in [1.165, 1.54) is 0 Å². The van der Waals surface area contributed by atoms with Crippen LogP contribution in [0, 0.1) is 11.3 Å². The van der Waals surface area contributed by atoms with Crippen molar-refractivity contribution in [2.24, 2.45) is 0 Å². The molecule has 5 nitrogen and oxygen atoms in total. The van der Waals surface area contributed by atoms with E-state index in [2.05, 4.69) is 11.1 Å². The lowest BCUT2D eigenvalue weighted by Gasteiger charge is -2.24. The second-order valence-corrected chi connectivity index (χ2v) is 6.00. The van der Waals surface area contributed by atoms with Crippen LogP contribution in [0.15, 0.2) is 18.3 Å².